The fourth-order valence-electron chi connectivity index (χ4n) is 3.18. The average molecular weight is 428 g/mol. The molecule has 9 nitrogen and oxygen atoms in total. The Morgan fingerprint density at radius 1 is 1.32 bits per heavy atom. The molecule has 28 heavy (non-hydrogen) atoms. The van der Waals surface area contributed by atoms with Crippen LogP contribution in [0.2, 0.25) is 0 Å². The zero-order chi connectivity index (χ0) is 20.9. The lowest BCUT2D eigenvalue weighted by Gasteiger charge is -2.32. The number of carbonyl (C=O) groups is 1. The van der Waals surface area contributed by atoms with Crippen molar-refractivity contribution in [1.82, 2.24) is 8.98 Å². The van der Waals surface area contributed by atoms with Crippen LogP contribution in [0.1, 0.15) is 35.2 Å². The van der Waals surface area contributed by atoms with E-state index in [-0.39, 0.29) is 17.0 Å². The van der Waals surface area contributed by atoms with Crippen LogP contribution in [-0.2, 0) is 10.2 Å². The monoisotopic (exact) mass is 428 g/mol. The molecule has 1 aliphatic rings. The van der Waals surface area contributed by atoms with Crippen molar-refractivity contribution >= 4 is 25.5 Å². The number of benzene rings is 1. The number of amides is 1. The van der Waals surface area contributed by atoms with Crippen molar-refractivity contribution in [1.29, 1.82) is 5.26 Å². The Hall–Kier alpha value is -1.92. The Bertz CT molecular complexity index is 863. The first kappa shape index (κ1) is 22.4. The predicted molar refractivity (Wildman–Crippen MR) is 107 cm³/mol. The summed E-state index contributed by atoms with van der Waals surface area (Å²) in [4.78, 5) is 14.6. The van der Waals surface area contributed by atoms with E-state index >= 15 is 0 Å². The van der Waals surface area contributed by atoms with Crippen LogP contribution in [0.5, 0.6) is 11.5 Å². The normalized spacial score (nSPS) is 15.4. The number of nitrogens with zero attached hydrogens (tertiary/aromatic N) is 3. The number of carbonyl (C=O) groups excluding carboxylic acids is 1. The quantitative estimate of drug-likeness (QED) is 0.649. The number of hydrogen-bond acceptors (Lipinski definition) is 6. The minimum Gasteiger partial charge on any atom is -0.493 e. The first-order valence-electron chi connectivity index (χ1n) is 8.71. The third-order valence-corrected chi connectivity index (χ3v) is 6.84. The zero-order valence-electron chi connectivity index (χ0n) is 15.9. The topological polar surface area (TPSA) is 126 Å². The van der Waals surface area contributed by atoms with Gasteiger partial charge in [0, 0.05) is 25.7 Å². The third-order valence-electron chi connectivity index (χ3n) is 4.86. The molecule has 0 spiro atoms. The van der Waals surface area contributed by atoms with Crippen LogP contribution in [0.25, 0.3) is 0 Å². The molecule has 0 radical (unpaired) electrons. The molecule has 1 aromatic rings. The summed E-state index contributed by atoms with van der Waals surface area (Å²) >= 11 is 0. The van der Waals surface area contributed by atoms with Crippen molar-refractivity contribution in [3.8, 4) is 17.6 Å². The van der Waals surface area contributed by atoms with Gasteiger partial charge in [-0.15, -0.1) is 0 Å². The number of hydrogen-bond donors (Lipinski definition) is 1. The summed E-state index contributed by atoms with van der Waals surface area (Å²) < 4.78 is 34.0. The van der Waals surface area contributed by atoms with Crippen LogP contribution >= 0.6 is 9.39 Å². The molecule has 0 saturated carbocycles. The van der Waals surface area contributed by atoms with E-state index in [2.05, 4.69) is 9.39 Å². The van der Waals surface area contributed by atoms with E-state index in [4.69, 9.17) is 14.6 Å². The second-order valence-corrected chi connectivity index (χ2v) is 9.04. The summed E-state index contributed by atoms with van der Waals surface area (Å²) in [7, 11) is 1.35. The molecule has 0 aromatic heterocycles. The van der Waals surface area contributed by atoms with Crippen LogP contribution in [0.4, 0.5) is 0 Å². The van der Waals surface area contributed by atoms with Crippen LogP contribution in [0.15, 0.2) is 12.1 Å². The number of ether oxygens (including phenoxy) is 2. The molecule has 1 heterocycles. The molecule has 1 atom stereocenters. The molecule has 154 valence electrons. The van der Waals surface area contributed by atoms with Gasteiger partial charge in [-0.1, -0.05) is 0 Å². The average Bonchev–Trinajstić information content (AvgIpc) is 2.69. The largest absolute Gasteiger partial charge is 0.493 e. The van der Waals surface area contributed by atoms with Gasteiger partial charge in [-0.05, 0) is 40.6 Å². The van der Waals surface area contributed by atoms with E-state index in [1.54, 1.807) is 4.90 Å². The third kappa shape index (κ3) is 5.32. The standard InChI is InChI=1S/C17H25N4O5PS/c1-25-15-9-13(11-18)14(10-16(15)26-2)17(22)20-6-3-12(4-7-20)5-8-21(27)28(19,23)24/h9-10,12H,3-8,27H2,1-2H3,(H2,19,23,24). The predicted octanol–water partition coefficient (Wildman–Crippen LogP) is 1.11. The van der Waals surface area contributed by atoms with Gasteiger partial charge in [-0.2, -0.15) is 17.8 Å². The Morgan fingerprint density at radius 3 is 2.39 bits per heavy atom. The summed E-state index contributed by atoms with van der Waals surface area (Å²) in [6.07, 6.45) is 2.18. The number of likely N-dealkylation sites (tertiary alicyclic amines) is 1. The van der Waals surface area contributed by atoms with Gasteiger partial charge < -0.3 is 14.4 Å². The van der Waals surface area contributed by atoms with Crippen LogP contribution in [0, 0.1) is 17.2 Å². The molecule has 11 heteroatoms. The van der Waals surface area contributed by atoms with Gasteiger partial charge in [0.2, 0.25) is 0 Å². The summed E-state index contributed by atoms with van der Waals surface area (Å²) in [5.41, 5.74) is 0.514. The molecular weight excluding hydrogens is 403 g/mol. The minimum atomic E-state index is -3.70. The summed E-state index contributed by atoms with van der Waals surface area (Å²) in [6.45, 7) is 1.39. The lowest BCUT2D eigenvalue weighted by atomic mass is 9.93. The fraction of sp³-hybridized carbons (Fsp3) is 0.529. The number of nitriles is 1. The van der Waals surface area contributed by atoms with Crippen LogP contribution < -0.4 is 14.6 Å². The maximum absolute atomic E-state index is 12.9. The molecule has 2 N–H and O–H groups in total. The van der Waals surface area contributed by atoms with Crippen LogP contribution in [-0.4, -0.2) is 57.2 Å². The molecule has 1 aromatic carbocycles. The molecule has 2 rings (SSSR count). The number of rotatable bonds is 7. The van der Waals surface area contributed by atoms with E-state index in [0.717, 1.165) is 16.9 Å². The molecule has 0 aliphatic carbocycles. The molecule has 1 unspecified atom stereocenters. The summed E-state index contributed by atoms with van der Waals surface area (Å²) in [5.74, 6) is 0.859. The Labute approximate surface area is 167 Å². The van der Waals surface area contributed by atoms with Gasteiger partial charge in [-0.25, -0.2) is 5.14 Å². The van der Waals surface area contributed by atoms with Crippen molar-refractivity contribution < 1.29 is 22.7 Å². The molecule has 1 aliphatic heterocycles. The molecular formula is C17H25N4O5PS. The van der Waals surface area contributed by atoms with E-state index in [1.165, 1.54) is 26.4 Å². The summed E-state index contributed by atoms with van der Waals surface area (Å²) in [5, 5.41) is 14.5. The van der Waals surface area contributed by atoms with Gasteiger partial charge in [0.15, 0.2) is 11.5 Å². The minimum absolute atomic E-state index is 0.229. The second-order valence-electron chi connectivity index (χ2n) is 6.54. The fourth-order valence-corrected chi connectivity index (χ4v) is 3.69. The lowest BCUT2D eigenvalue weighted by molar-refractivity contribution is 0.0685. The molecule has 1 amide bonds. The Morgan fingerprint density at radius 2 is 1.89 bits per heavy atom. The van der Waals surface area contributed by atoms with Crippen molar-refractivity contribution in [2.45, 2.75) is 19.3 Å². The van der Waals surface area contributed by atoms with Gasteiger partial charge in [0.1, 0.15) is 6.07 Å². The van der Waals surface area contributed by atoms with Crippen molar-refractivity contribution in [3.05, 3.63) is 23.3 Å². The smallest absolute Gasteiger partial charge is 0.279 e. The SMILES string of the molecule is COc1cc(C#N)c(C(=O)N2CCC(CCN(P)S(N)(=O)=O)CC2)cc1OC. The summed E-state index contributed by atoms with van der Waals surface area (Å²) in [6, 6.07) is 5.07. The van der Waals surface area contributed by atoms with Gasteiger partial charge in [-0.3, -0.25) is 4.79 Å². The maximum Gasteiger partial charge on any atom is 0.279 e. The highest BCUT2D eigenvalue weighted by Gasteiger charge is 2.27. The van der Waals surface area contributed by atoms with Crippen molar-refractivity contribution in [2.75, 3.05) is 33.9 Å². The zero-order valence-corrected chi connectivity index (χ0v) is 17.9. The van der Waals surface area contributed by atoms with Crippen molar-refractivity contribution in [2.24, 2.45) is 11.1 Å². The van der Waals surface area contributed by atoms with E-state index in [1.807, 2.05) is 6.07 Å². The molecule has 1 fully saturated rings. The maximum atomic E-state index is 12.9. The number of nitrogens with two attached hydrogens (primary N) is 1. The highest BCUT2D eigenvalue weighted by atomic mass is 32.2. The Balaban J connectivity index is 2.03. The molecule has 0 bridgehead atoms. The van der Waals surface area contributed by atoms with Crippen LogP contribution in [0.3, 0.4) is 0 Å². The van der Waals surface area contributed by atoms with E-state index < -0.39 is 10.2 Å². The first-order valence-corrected chi connectivity index (χ1v) is 10.7. The van der Waals surface area contributed by atoms with Crippen molar-refractivity contribution in [3.63, 3.8) is 0 Å². The van der Waals surface area contributed by atoms with Gasteiger partial charge in [0.25, 0.3) is 16.1 Å². The highest BCUT2D eigenvalue weighted by Crippen LogP contribution is 2.32. The van der Waals surface area contributed by atoms with E-state index in [9.17, 15) is 18.5 Å². The molecule has 1 saturated heterocycles. The van der Waals surface area contributed by atoms with E-state index in [0.29, 0.717) is 43.5 Å². The second kappa shape index (κ2) is 9.52. The van der Waals surface area contributed by atoms with Gasteiger partial charge in [0.05, 0.1) is 25.3 Å². The highest BCUT2D eigenvalue weighted by molar-refractivity contribution is 7.89. The number of piperidine rings is 1. The lowest BCUT2D eigenvalue weighted by Crippen LogP contribution is -2.39. The van der Waals surface area contributed by atoms with Gasteiger partial charge >= 0.3 is 0 Å². The Kier molecular flexibility index (Phi) is 7.61. The first-order chi connectivity index (χ1) is 13.2. The number of methoxy groups -OCH3 is 2.